The Morgan fingerprint density at radius 2 is 1.95 bits per heavy atom. The summed E-state index contributed by atoms with van der Waals surface area (Å²) in [5.74, 6) is -0.0625. The van der Waals surface area contributed by atoms with Gasteiger partial charge >= 0.3 is 0 Å². The van der Waals surface area contributed by atoms with Crippen LogP contribution in [0.15, 0.2) is 54.4 Å². The Bertz CT molecular complexity index is 591. The number of nitrogens with zero attached hydrogens (tertiary/aromatic N) is 1. The first-order valence-corrected chi connectivity index (χ1v) is 6.27. The molecule has 0 atom stereocenters. The number of pyridine rings is 1. The van der Waals surface area contributed by atoms with Gasteiger partial charge in [0.2, 0.25) is 0 Å². The topological polar surface area (TPSA) is 50.2 Å². The molecule has 3 nitrogen and oxygen atoms in total. The first kappa shape index (κ1) is 19.2. The van der Waals surface area contributed by atoms with Gasteiger partial charge in [0.1, 0.15) is 0 Å². The van der Waals surface area contributed by atoms with Crippen LogP contribution in [0.3, 0.4) is 0 Å². The second kappa shape index (κ2) is 10.0. The molecule has 0 spiro atoms. The SMILES string of the molecule is CC(=O)/C=C(/C)O.Cc1cccnc1-c1[c-]cccc1.[Ir]. The number of aryl methyl sites for hydroxylation is 1. The zero-order valence-electron chi connectivity index (χ0n) is 12.3. The minimum Gasteiger partial charge on any atom is -0.512 e. The van der Waals surface area contributed by atoms with Crippen LogP contribution in [0.5, 0.6) is 0 Å². The molecule has 0 fully saturated rings. The van der Waals surface area contributed by atoms with Gasteiger partial charge in [0.25, 0.3) is 0 Å². The van der Waals surface area contributed by atoms with Crippen molar-refractivity contribution in [3.8, 4) is 11.3 Å². The van der Waals surface area contributed by atoms with E-state index in [9.17, 15) is 4.79 Å². The standard InChI is InChI=1S/C12H10N.C5H8O2.Ir/c1-10-6-5-9-13-12(10)11-7-3-2-4-8-11;1-4(6)3-5(2)7;/h2-7,9H,1H3;3,6H,1-2H3;/q-1;;/b;4-3-;. The van der Waals surface area contributed by atoms with Crippen LogP contribution < -0.4 is 0 Å². The molecule has 0 saturated heterocycles. The van der Waals surface area contributed by atoms with Crippen molar-refractivity contribution in [1.29, 1.82) is 0 Å². The monoisotopic (exact) mass is 461 g/mol. The molecule has 4 heteroatoms. The number of aliphatic hydroxyl groups excluding tert-OH is 1. The number of carbonyl (C=O) groups excluding carboxylic acids is 1. The van der Waals surface area contributed by atoms with E-state index in [1.54, 1.807) is 0 Å². The van der Waals surface area contributed by atoms with E-state index >= 15 is 0 Å². The van der Waals surface area contributed by atoms with E-state index < -0.39 is 0 Å². The second-order valence-electron chi connectivity index (χ2n) is 4.34. The molecule has 113 valence electrons. The fourth-order valence-electron chi connectivity index (χ4n) is 1.60. The first-order chi connectivity index (χ1) is 9.50. The van der Waals surface area contributed by atoms with Crippen molar-refractivity contribution in [2.45, 2.75) is 20.8 Å². The molecule has 1 radical (unpaired) electrons. The normalized spacial score (nSPS) is 9.95. The molecule has 2 rings (SSSR count). The van der Waals surface area contributed by atoms with Crippen LogP contribution in [-0.4, -0.2) is 15.9 Å². The van der Waals surface area contributed by atoms with Crippen LogP contribution in [0.2, 0.25) is 0 Å². The zero-order chi connectivity index (χ0) is 15.0. The van der Waals surface area contributed by atoms with E-state index in [1.165, 1.54) is 25.5 Å². The van der Waals surface area contributed by atoms with Gasteiger partial charge in [0, 0.05) is 32.4 Å². The molecule has 1 aromatic carbocycles. The fraction of sp³-hybridized carbons (Fsp3) is 0.176. The Kier molecular flexibility index (Phi) is 9.18. The van der Waals surface area contributed by atoms with Gasteiger partial charge in [-0.1, -0.05) is 11.6 Å². The van der Waals surface area contributed by atoms with Crippen molar-refractivity contribution in [2.24, 2.45) is 0 Å². The third-order valence-electron chi connectivity index (χ3n) is 2.39. The Labute approximate surface area is 139 Å². The third-order valence-corrected chi connectivity index (χ3v) is 2.39. The van der Waals surface area contributed by atoms with Gasteiger partial charge in [-0.3, -0.25) is 4.79 Å². The smallest absolute Gasteiger partial charge is 0.155 e. The summed E-state index contributed by atoms with van der Waals surface area (Å²) in [6.45, 7) is 4.91. The average molecular weight is 461 g/mol. The Morgan fingerprint density at radius 3 is 2.38 bits per heavy atom. The Hall–Kier alpha value is -1.77. The van der Waals surface area contributed by atoms with E-state index in [-0.39, 0.29) is 31.6 Å². The predicted molar refractivity (Wildman–Crippen MR) is 80.3 cm³/mol. The van der Waals surface area contributed by atoms with Crippen molar-refractivity contribution in [3.05, 3.63) is 66.1 Å². The number of aromatic nitrogens is 1. The van der Waals surface area contributed by atoms with Gasteiger partial charge in [-0.2, -0.15) is 0 Å². The summed E-state index contributed by atoms with van der Waals surface area (Å²) in [7, 11) is 0. The van der Waals surface area contributed by atoms with E-state index in [0.717, 1.165) is 11.3 Å². The van der Waals surface area contributed by atoms with Crippen LogP contribution in [0.1, 0.15) is 19.4 Å². The van der Waals surface area contributed by atoms with Crippen LogP contribution in [0.4, 0.5) is 0 Å². The number of ketones is 1. The maximum absolute atomic E-state index is 10.0. The van der Waals surface area contributed by atoms with Gasteiger partial charge in [-0.25, -0.2) is 0 Å². The number of carbonyl (C=O) groups is 1. The van der Waals surface area contributed by atoms with E-state index in [4.69, 9.17) is 5.11 Å². The maximum Gasteiger partial charge on any atom is 0.155 e. The molecule has 0 unspecified atom stereocenters. The van der Waals surface area contributed by atoms with E-state index in [1.807, 2.05) is 36.5 Å². The molecule has 1 N–H and O–H groups in total. The van der Waals surface area contributed by atoms with Gasteiger partial charge in [-0.15, -0.1) is 35.9 Å². The molecule has 0 aliphatic heterocycles. The molecule has 2 aromatic rings. The largest absolute Gasteiger partial charge is 0.512 e. The summed E-state index contributed by atoms with van der Waals surface area (Å²) in [5, 5.41) is 8.36. The molecule has 0 aliphatic rings. The van der Waals surface area contributed by atoms with Gasteiger partial charge in [-0.05, 0) is 32.5 Å². The molecule has 0 saturated carbocycles. The fourth-order valence-corrected chi connectivity index (χ4v) is 1.60. The van der Waals surface area contributed by atoms with Crippen LogP contribution >= 0.6 is 0 Å². The summed E-state index contributed by atoms with van der Waals surface area (Å²) < 4.78 is 0. The van der Waals surface area contributed by atoms with Crippen molar-refractivity contribution >= 4 is 5.78 Å². The number of benzene rings is 1. The molecule has 1 heterocycles. The Balaban J connectivity index is 0.000000436. The quantitative estimate of drug-likeness (QED) is 0.420. The third kappa shape index (κ3) is 7.54. The van der Waals surface area contributed by atoms with Crippen LogP contribution in [0, 0.1) is 13.0 Å². The maximum atomic E-state index is 10.0. The average Bonchev–Trinajstić information content (AvgIpc) is 2.39. The molecule has 21 heavy (non-hydrogen) atoms. The Morgan fingerprint density at radius 1 is 1.24 bits per heavy atom. The van der Waals surface area contributed by atoms with Crippen molar-refractivity contribution < 1.29 is 30.0 Å². The number of rotatable bonds is 2. The van der Waals surface area contributed by atoms with E-state index in [0.29, 0.717) is 0 Å². The minimum absolute atomic E-state index is 0. The minimum atomic E-state index is -0.125. The van der Waals surface area contributed by atoms with Crippen molar-refractivity contribution in [2.75, 3.05) is 0 Å². The molecule has 0 amide bonds. The summed E-state index contributed by atoms with van der Waals surface area (Å²) in [6.07, 6.45) is 2.98. The summed E-state index contributed by atoms with van der Waals surface area (Å²) in [5.41, 5.74) is 3.26. The zero-order valence-corrected chi connectivity index (χ0v) is 14.6. The first-order valence-electron chi connectivity index (χ1n) is 6.27. The molecule has 1 aromatic heterocycles. The predicted octanol–water partition coefficient (Wildman–Crippen LogP) is 3.89. The number of hydrogen-bond donors (Lipinski definition) is 1. The van der Waals surface area contributed by atoms with Crippen LogP contribution in [-0.2, 0) is 24.9 Å². The van der Waals surface area contributed by atoms with Gasteiger partial charge in [0.05, 0.1) is 5.76 Å². The van der Waals surface area contributed by atoms with E-state index in [2.05, 4.69) is 24.0 Å². The number of aliphatic hydroxyl groups is 1. The van der Waals surface area contributed by atoms with Crippen molar-refractivity contribution in [1.82, 2.24) is 4.98 Å². The number of allylic oxidation sites excluding steroid dienone is 2. The molecule has 0 bridgehead atoms. The summed E-state index contributed by atoms with van der Waals surface area (Å²) in [6, 6.07) is 15.1. The molecule has 0 aliphatic carbocycles. The summed E-state index contributed by atoms with van der Waals surface area (Å²) in [4.78, 5) is 14.3. The van der Waals surface area contributed by atoms with Gasteiger partial charge in [0.15, 0.2) is 5.78 Å². The molecular weight excluding hydrogens is 442 g/mol. The summed E-state index contributed by atoms with van der Waals surface area (Å²) >= 11 is 0. The second-order valence-corrected chi connectivity index (χ2v) is 4.34. The molecular formula is C17H18IrNO2-. The van der Waals surface area contributed by atoms with Crippen LogP contribution in [0.25, 0.3) is 11.3 Å². The van der Waals surface area contributed by atoms with Crippen molar-refractivity contribution in [3.63, 3.8) is 0 Å². The number of hydrogen-bond acceptors (Lipinski definition) is 3. The van der Waals surface area contributed by atoms with Gasteiger partial charge < -0.3 is 10.1 Å².